The summed E-state index contributed by atoms with van der Waals surface area (Å²) >= 11 is 0. The molecule has 2 aliphatic heterocycles. The van der Waals surface area contributed by atoms with Gasteiger partial charge in [0.25, 0.3) is 0 Å². The van der Waals surface area contributed by atoms with Crippen LogP contribution in [0.2, 0.25) is 0 Å². The van der Waals surface area contributed by atoms with Crippen LogP contribution in [-0.2, 0) is 10.2 Å². The lowest BCUT2D eigenvalue weighted by Gasteiger charge is -2.46. The summed E-state index contributed by atoms with van der Waals surface area (Å²) < 4.78 is 11.8. The molecule has 0 N–H and O–H groups in total. The summed E-state index contributed by atoms with van der Waals surface area (Å²) in [6, 6.07) is 14.5. The minimum atomic E-state index is -0.112. The second-order valence-electron chi connectivity index (χ2n) is 7.62. The van der Waals surface area contributed by atoms with Crippen LogP contribution in [-0.4, -0.2) is 31.0 Å². The number of fused-ring (bicyclic) bond motifs is 4. The lowest BCUT2D eigenvalue weighted by atomic mass is 9.66. The number of hydrogen-bond acceptors (Lipinski definition) is 3. The summed E-state index contributed by atoms with van der Waals surface area (Å²) in [5.74, 6) is 3.15. The molecular weight excluding hydrogens is 326 g/mol. The Kier molecular flexibility index (Phi) is 3.49. The van der Waals surface area contributed by atoms with Gasteiger partial charge in [0.15, 0.2) is 11.5 Å². The van der Waals surface area contributed by atoms with E-state index in [0.717, 1.165) is 56.0 Å². The van der Waals surface area contributed by atoms with Crippen molar-refractivity contribution in [3.8, 4) is 17.2 Å². The van der Waals surface area contributed by atoms with E-state index in [2.05, 4.69) is 23.1 Å². The van der Waals surface area contributed by atoms with Crippen LogP contribution in [0.3, 0.4) is 0 Å². The molecule has 3 aliphatic rings. The summed E-state index contributed by atoms with van der Waals surface area (Å²) in [6.45, 7) is 1.61. The third kappa shape index (κ3) is 2.24. The normalized spacial score (nSPS) is 20.1. The number of methoxy groups -OCH3 is 1. The van der Waals surface area contributed by atoms with Crippen molar-refractivity contribution in [2.75, 3.05) is 20.2 Å². The first kappa shape index (κ1) is 15.7. The fourth-order valence-electron chi connectivity index (χ4n) is 4.60. The summed E-state index contributed by atoms with van der Waals surface area (Å²) in [7, 11) is 1.68. The van der Waals surface area contributed by atoms with Gasteiger partial charge in [0, 0.05) is 35.5 Å². The fourth-order valence-corrected chi connectivity index (χ4v) is 4.60. The van der Waals surface area contributed by atoms with Crippen LogP contribution in [0.25, 0.3) is 0 Å². The van der Waals surface area contributed by atoms with Gasteiger partial charge in [0.05, 0.1) is 7.11 Å². The van der Waals surface area contributed by atoms with E-state index in [1.807, 2.05) is 24.3 Å². The quantitative estimate of drug-likeness (QED) is 0.819. The topological polar surface area (TPSA) is 38.8 Å². The van der Waals surface area contributed by atoms with Gasteiger partial charge in [-0.1, -0.05) is 30.3 Å². The molecule has 0 unspecified atom stereocenters. The van der Waals surface area contributed by atoms with E-state index in [0.29, 0.717) is 11.8 Å². The van der Waals surface area contributed by atoms with Gasteiger partial charge in [0.1, 0.15) is 5.75 Å². The number of likely N-dealkylation sites (tertiary alicyclic amines) is 1. The van der Waals surface area contributed by atoms with Gasteiger partial charge < -0.3 is 14.4 Å². The molecule has 1 aliphatic carbocycles. The minimum Gasteiger partial charge on any atom is -0.493 e. The van der Waals surface area contributed by atoms with Crippen LogP contribution in [0.15, 0.2) is 42.5 Å². The van der Waals surface area contributed by atoms with Crippen LogP contribution in [0.1, 0.15) is 36.8 Å². The molecule has 0 atom stereocenters. The molecule has 5 rings (SSSR count). The van der Waals surface area contributed by atoms with Crippen molar-refractivity contribution in [3.05, 3.63) is 53.6 Å². The van der Waals surface area contributed by atoms with Gasteiger partial charge in [-0.15, -0.1) is 0 Å². The van der Waals surface area contributed by atoms with Gasteiger partial charge in [-0.25, -0.2) is 0 Å². The molecule has 4 nitrogen and oxygen atoms in total. The zero-order chi connectivity index (χ0) is 17.7. The third-order valence-corrected chi connectivity index (χ3v) is 6.18. The minimum absolute atomic E-state index is 0.112. The molecule has 2 heterocycles. The highest BCUT2D eigenvalue weighted by Gasteiger charge is 2.46. The summed E-state index contributed by atoms with van der Waals surface area (Å²) in [5.41, 5.74) is 2.31. The molecule has 1 amide bonds. The van der Waals surface area contributed by atoms with Crippen LogP contribution in [0, 0.1) is 5.92 Å². The molecule has 1 saturated heterocycles. The highest BCUT2D eigenvalue weighted by molar-refractivity contribution is 5.81. The Labute approximate surface area is 153 Å². The zero-order valence-corrected chi connectivity index (χ0v) is 15.0. The lowest BCUT2D eigenvalue weighted by molar-refractivity contribution is -0.134. The first-order chi connectivity index (χ1) is 12.7. The predicted molar refractivity (Wildman–Crippen MR) is 98.8 cm³/mol. The Hall–Kier alpha value is -2.49. The first-order valence-corrected chi connectivity index (χ1v) is 9.46. The van der Waals surface area contributed by atoms with Crippen molar-refractivity contribution >= 4 is 5.91 Å². The fraction of sp³-hybridized carbons (Fsp3) is 0.409. The molecule has 1 saturated carbocycles. The van der Waals surface area contributed by atoms with E-state index < -0.39 is 0 Å². The monoisotopic (exact) mass is 349 g/mol. The molecule has 134 valence electrons. The number of para-hydroxylation sites is 2. The van der Waals surface area contributed by atoms with E-state index >= 15 is 0 Å². The summed E-state index contributed by atoms with van der Waals surface area (Å²) in [6.07, 6.45) is 3.98. The molecular formula is C22H23NO3. The average Bonchev–Trinajstić information content (AvgIpc) is 3.53. The number of carbonyl (C=O) groups excluding carboxylic acids is 1. The Morgan fingerprint density at radius 2 is 1.81 bits per heavy atom. The van der Waals surface area contributed by atoms with Crippen LogP contribution < -0.4 is 9.47 Å². The van der Waals surface area contributed by atoms with E-state index in [1.54, 1.807) is 7.11 Å². The Morgan fingerprint density at radius 1 is 1.08 bits per heavy atom. The predicted octanol–water partition coefficient (Wildman–Crippen LogP) is 4.12. The second-order valence-corrected chi connectivity index (χ2v) is 7.62. The van der Waals surface area contributed by atoms with Crippen LogP contribution in [0.5, 0.6) is 17.2 Å². The maximum absolute atomic E-state index is 12.5. The van der Waals surface area contributed by atoms with Crippen molar-refractivity contribution in [1.82, 2.24) is 4.90 Å². The molecule has 0 radical (unpaired) electrons. The first-order valence-electron chi connectivity index (χ1n) is 9.46. The number of nitrogens with zero attached hydrogens (tertiary/aromatic N) is 1. The average molecular weight is 349 g/mol. The van der Waals surface area contributed by atoms with Crippen molar-refractivity contribution < 1.29 is 14.3 Å². The maximum Gasteiger partial charge on any atom is 0.225 e. The van der Waals surface area contributed by atoms with E-state index in [-0.39, 0.29) is 5.41 Å². The Balaban J connectivity index is 1.57. The number of amides is 1. The van der Waals surface area contributed by atoms with Crippen molar-refractivity contribution in [1.29, 1.82) is 0 Å². The molecule has 2 aromatic rings. The van der Waals surface area contributed by atoms with Gasteiger partial charge in [0.2, 0.25) is 5.91 Å². The van der Waals surface area contributed by atoms with Crippen LogP contribution >= 0.6 is 0 Å². The van der Waals surface area contributed by atoms with Gasteiger partial charge in [-0.3, -0.25) is 4.79 Å². The maximum atomic E-state index is 12.5. The van der Waals surface area contributed by atoms with Gasteiger partial charge in [-0.2, -0.15) is 0 Å². The zero-order valence-electron chi connectivity index (χ0n) is 15.0. The van der Waals surface area contributed by atoms with Gasteiger partial charge in [-0.05, 0) is 37.8 Å². The molecule has 4 heteroatoms. The molecule has 1 spiro atoms. The highest BCUT2D eigenvalue weighted by atomic mass is 16.5. The number of ether oxygens (including phenoxy) is 2. The summed E-state index contributed by atoms with van der Waals surface area (Å²) in [4.78, 5) is 14.6. The molecule has 2 fully saturated rings. The van der Waals surface area contributed by atoms with E-state index in [9.17, 15) is 4.79 Å². The number of benzene rings is 2. The van der Waals surface area contributed by atoms with Crippen molar-refractivity contribution in [2.24, 2.45) is 5.92 Å². The van der Waals surface area contributed by atoms with Crippen molar-refractivity contribution in [3.63, 3.8) is 0 Å². The van der Waals surface area contributed by atoms with Crippen molar-refractivity contribution in [2.45, 2.75) is 31.1 Å². The third-order valence-electron chi connectivity index (χ3n) is 6.18. The van der Waals surface area contributed by atoms with Gasteiger partial charge >= 0.3 is 0 Å². The van der Waals surface area contributed by atoms with E-state index in [1.165, 1.54) is 11.1 Å². The van der Waals surface area contributed by atoms with E-state index in [4.69, 9.17) is 9.47 Å². The number of hydrogen-bond donors (Lipinski definition) is 0. The number of piperidine rings is 1. The number of rotatable bonds is 2. The summed E-state index contributed by atoms with van der Waals surface area (Å²) in [5, 5.41) is 0. The lowest BCUT2D eigenvalue weighted by Crippen LogP contribution is -2.47. The number of carbonyl (C=O) groups is 1. The molecule has 2 aromatic carbocycles. The Bertz CT molecular complexity index is 863. The SMILES string of the molecule is COc1cccc2c1Oc1ccccc1C21CCN(C(=O)C2CC2)CC1. The molecule has 0 aromatic heterocycles. The van der Waals surface area contributed by atoms with Crippen LogP contribution in [0.4, 0.5) is 0 Å². The second kappa shape index (κ2) is 5.76. The molecule has 26 heavy (non-hydrogen) atoms. The standard InChI is InChI=1S/C22H23NO3/c1-25-19-8-4-6-17-20(19)26-18-7-3-2-5-16(18)22(17)11-13-23(14-12-22)21(24)15-9-10-15/h2-8,15H,9-14H2,1H3. The molecule has 0 bridgehead atoms. The Morgan fingerprint density at radius 3 is 2.54 bits per heavy atom. The highest BCUT2D eigenvalue weighted by Crippen LogP contribution is 2.55. The largest absolute Gasteiger partial charge is 0.493 e. The smallest absolute Gasteiger partial charge is 0.225 e.